The molecule has 1 aliphatic carbocycles. The van der Waals surface area contributed by atoms with Gasteiger partial charge in [0.15, 0.2) is 0 Å². The Labute approximate surface area is 248 Å². The van der Waals surface area contributed by atoms with Crippen LogP contribution in [0.2, 0.25) is 0 Å². The van der Waals surface area contributed by atoms with E-state index < -0.39 is 22.9 Å². The number of carbonyl (C=O) groups is 3. The molecular formula is C31H47FN4O6. The molecule has 0 radical (unpaired) electrons. The maximum absolute atomic E-state index is 13.0. The van der Waals surface area contributed by atoms with Crippen molar-refractivity contribution in [1.29, 1.82) is 0 Å². The molecule has 5 N–H and O–H groups in total. The Kier molecular flexibility index (Phi) is 11.7. The van der Waals surface area contributed by atoms with Gasteiger partial charge in [0.2, 0.25) is 23.4 Å². The first kappa shape index (κ1) is 33.6. The van der Waals surface area contributed by atoms with Crippen LogP contribution in [0.4, 0.5) is 4.39 Å². The average Bonchev–Trinajstić information content (AvgIpc) is 3.28. The number of rotatable bonds is 14. The predicted octanol–water partition coefficient (Wildman–Crippen LogP) is 3.86. The fourth-order valence-electron chi connectivity index (χ4n) is 5.29. The first-order valence-corrected chi connectivity index (χ1v) is 14.9. The van der Waals surface area contributed by atoms with Crippen molar-refractivity contribution in [2.45, 2.75) is 96.2 Å². The minimum absolute atomic E-state index is 0.00130. The Morgan fingerprint density at radius 2 is 1.74 bits per heavy atom. The van der Waals surface area contributed by atoms with Gasteiger partial charge in [-0.2, -0.15) is 9.78 Å². The molecule has 1 aromatic rings. The van der Waals surface area contributed by atoms with E-state index in [0.29, 0.717) is 69.3 Å². The second kappa shape index (κ2) is 14.5. The van der Waals surface area contributed by atoms with Crippen molar-refractivity contribution in [2.24, 2.45) is 17.6 Å². The Morgan fingerprint density at radius 3 is 2.36 bits per heavy atom. The van der Waals surface area contributed by atoms with Crippen molar-refractivity contribution in [2.75, 3.05) is 19.6 Å². The van der Waals surface area contributed by atoms with Crippen molar-refractivity contribution >= 4 is 17.7 Å². The summed E-state index contributed by atoms with van der Waals surface area (Å²) in [6, 6.07) is 5.31. The number of halogens is 1. The van der Waals surface area contributed by atoms with Crippen LogP contribution in [-0.4, -0.2) is 54.5 Å². The molecule has 1 saturated heterocycles. The van der Waals surface area contributed by atoms with E-state index in [-0.39, 0.29) is 29.6 Å². The first-order chi connectivity index (χ1) is 19.7. The second-order valence-corrected chi connectivity index (χ2v) is 12.4. The van der Waals surface area contributed by atoms with E-state index in [1.54, 1.807) is 0 Å². The van der Waals surface area contributed by atoms with Crippen LogP contribution in [0.5, 0.6) is 0 Å². The molecule has 42 heavy (non-hydrogen) atoms. The standard InChI is InChI=1S/C31H47FN4O6/c1-6-24(18-21(2)27(38)34-16-7-17-35-28(39)23-8-10-25(32)11-9-23)30(5)40-31(42-41-30)14-12-22(13-15-31)19-26(37)36-20-29(3,4)33/h8-11,22,24H,2,6-7,12-20,33H2,1,3-5H3,(H,34,38)(H,35,39)(H,36,37)/t22?,24?,30-,31?/m1/s1. The highest BCUT2D eigenvalue weighted by molar-refractivity contribution is 5.94. The third-order valence-corrected chi connectivity index (χ3v) is 7.91. The zero-order valence-electron chi connectivity index (χ0n) is 25.4. The summed E-state index contributed by atoms with van der Waals surface area (Å²) in [6.07, 6.45) is 4.77. The highest BCUT2D eigenvalue weighted by Crippen LogP contribution is 2.48. The Hall–Kier alpha value is -2.86. The summed E-state index contributed by atoms with van der Waals surface area (Å²) in [5, 5.41) is 8.49. The van der Waals surface area contributed by atoms with Crippen molar-refractivity contribution in [3.63, 3.8) is 0 Å². The largest absolute Gasteiger partial charge is 0.354 e. The summed E-state index contributed by atoms with van der Waals surface area (Å²) in [5.41, 5.74) is 6.28. The van der Waals surface area contributed by atoms with Crippen molar-refractivity contribution in [3.8, 4) is 0 Å². The predicted molar refractivity (Wildman–Crippen MR) is 156 cm³/mol. The minimum Gasteiger partial charge on any atom is -0.354 e. The summed E-state index contributed by atoms with van der Waals surface area (Å²) >= 11 is 0. The number of nitrogens with two attached hydrogens (primary N) is 1. The lowest BCUT2D eigenvalue weighted by Crippen LogP contribution is -2.46. The van der Waals surface area contributed by atoms with Crippen LogP contribution in [0.3, 0.4) is 0 Å². The van der Waals surface area contributed by atoms with Crippen LogP contribution < -0.4 is 21.7 Å². The van der Waals surface area contributed by atoms with Gasteiger partial charge in [0.25, 0.3) is 5.91 Å². The lowest BCUT2D eigenvalue weighted by molar-refractivity contribution is -0.359. The highest BCUT2D eigenvalue weighted by atomic mass is 19.1. The highest BCUT2D eigenvalue weighted by Gasteiger charge is 2.54. The number of benzene rings is 1. The molecule has 3 amide bonds. The number of carbonyl (C=O) groups excluding carboxylic acids is 3. The van der Waals surface area contributed by atoms with E-state index in [1.165, 1.54) is 24.3 Å². The molecule has 1 unspecified atom stereocenters. The zero-order valence-corrected chi connectivity index (χ0v) is 25.4. The fourth-order valence-corrected chi connectivity index (χ4v) is 5.29. The van der Waals surface area contributed by atoms with Gasteiger partial charge in [0.1, 0.15) is 5.82 Å². The lowest BCUT2D eigenvalue weighted by atomic mass is 9.82. The maximum Gasteiger partial charge on any atom is 0.251 e. The van der Waals surface area contributed by atoms with Crippen LogP contribution in [0.1, 0.15) is 89.4 Å². The van der Waals surface area contributed by atoms with Gasteiger partial charge in [-0.25, -0.2) is 4.39 Å². The summed E-state index contributed by atoms with van der Waals surface area (Å²) in [6.45, 7) is 12.7. The van der Waals surface area contributed by atoms with Gasteiger partial charge in [-0.15, -0.1) is 0 Å². The van der Waals surface area contributed by atoms with Crippen LogP contribution in [0.15, 0.2) is 36.4 Å². The Morgan fingerprint density at radius 1 is 1.10 bits per heavy atom. The molecule has 2 aliphatic rings. The van der Waals surface area contributed by atoms with Crippen molar-refractivity contribution in [3.05, 3.63) is 47.8 Å². The molecule has 1 aromatic carbocycles. The molecule has 11 heteroatoms. The van der Waals surface area contributed by atoms with Crippen molar-refractivity contribution in [1.82, 2.24) is 16.0 Å². The lowest BCUT2D eigenvalue weighted by Gasteiger charge is -2.36. The Bertz CT molecular complexity index is 1100. The summed E-state index contributed by atoms with van der Waals surface area (Å²) in [7, 11) is 0. The van der Waals surface area contributed by atoms with Gasteiger partial charge < -0.3 is 26.4 Å². The van der Waals surface area contributed by atoms with Crippen LogP contribution in [-0.2, 0) is 24.1 Å². The number of hydrogen-bond acceptors (Lipinski definition) is 7. The third-order valence-electron chi connectivity index (χ3n) is 7.91. The van der Waals surface area contributed by atoms with Crippen LogP contribution in [0, 0.1) is 17.7 Å². The summed E-state index contributed by atoms with van der Waals surface area (Å²) < 4.78 is 19.5. The molecule has 2 fully saturated rings. The maximum atomic E-state index is 13.0. The normalized spacial score (nSPS) is 24.7. The van der Waals surface area contributed by atoms with E-state index >= 15 is 0 Å². The second-order valence-electron chi connectivity index (χ2n) is 12.4. The number of amides is 3. The fraction of sp³-hybridized carbons (Fsp3) is 0.645. The molecule has 3 rings (SSSR count). The van der Waals surface area contributed by atoms with E-state index in [4.69, 9.17) is 20.2 Å². The molecule has 0 bridgehead atoms. The van der Waals surface area contributed by atoms with Gasteiger partial charge in [0.05, 0.1) is 0 Å². The minimum atomic E-state index is -1.04. The molecule has 10 nitrogen and oxygen atoms in total. The SMILES string of the molecule is C=C(CC(CC)[C@@]1(C)OOC2(CCC(CC(=O)NCC(C)(C)N)CC2)O1)C(=O)NCCCNC(=O)c1ccc(F)cc1. The molecule has 1 aliphatic heterocycles. The van der Waals surface area contributed by atoms with Crippen LogP contribution in [0.25, 0.3) is 0 Å². The molecule has 1 saturated carbocycles. The van der Waals surface area contributed by atoms with Gasteiger partial charge in [-0.3, -0.25) is 14.4 Å². The van der Waals surface area contributed by atoms with E-state index in [2.05, 4.69) is 22.5 Å². The van der Waals surface area contributed by atoms with Crippen LogP contribution >= 0.6 is 0 Å². The smallest absolute Gasteiger partial charge is 0.251 e. The van der Waals surface area contributed by atoms with E-state index in [0.717, 1.165) is 12.8 Å². The number of nitrogens with one attached hydrogen (secondary N) is 3. The first-order valence-electron chi connectivity index (χ1n) is 14.9. The monoisotopic (exact) mass is 590 g/mol. The van der Waals surface area contributed by atoms with Gasteiger partial charge in [-0.1, -0.05) is 13.5 Å². The quantitative estimate of drug-likeness (QED) is 0.147. The molecule has 1 heterocycles. The average molecular weight is 591 g/mol. The molecule has 2 atom stereocenters. The number of hydrogen-bond donors (Lipinski definition) is 4. The molecular weight excluding hydrogens is 543 g/mol. The summed E-state index contributed by atoms with van der Waals surface area (Å²) in [4.78, 5) is 48.7. The Balaban J connectivity index is 1.39. The molecule has 234 valence electrons. The third kappa shape index (κ3) is 9.86. The number of ether oxygens (including phenoxy) is 1. The topological polar surface area (TPSA) is 141 Å². The molecule has 1 spiro atoms. The van der Waals surface area contributed by atoms with Gasteiger partial charge >= 0.3 is 0 Å². The van der Waals surface area contributed by atoms with E-state index in [9.17, 15) is 18.8 Å². The van der Waals surface area contributed by atoms with Gasteiger partial charge in [0, 0.05) is 61.5 Å². The van der Waals surface area contributed by atoms with E-state index in [1.807, 2.05) is 27.7 Å². The summed E-state index contributed by atoms with van der Waals surface area (Å²) in [5.74, 6) is -2.82. The molecule has 0 aromatic heterocycles. The van der Waals surface area contributed by atoms with Gasteiger partial charge in [-0.05, 0) is 83.1 Å². The van der Waals surface area contributed by atoms with Crippen molar-refractivity contribution < 1.29 is 33.3 Å². The zero-order chi connectivity index (χ0) is 31.0.